The smallest absolute Gasteiger partial charge is 0.323 e. The summed E-state index contributed by atoms with van der Waals surface area (Å²) in [5.41, 5.74) is 1.31. The van der Waals surface area contributed by atoms with Gasteiger partial charge in [-0.05, 0) is 30.7 Å². The van der Waals surface area contributed by atoms with Crippen LogP contribution in [0.25, 0.3) is 31.7 Å². The lowest BCUT2D eigenvalue weighted by atomic mass is 10.1. The number of rotatable bonds is 5. The predicted molar refractivity (Wildman–Crippen MR) is 119 cm³/mol. The SMILES string of the molecule is Cc1cccc2c1c(-c1nc3c(F)c(F)cc(F)c3s1)c(Oc1ccccc1)n2CC(=O)O. The van der Waals surface area contributed by atoms with Crippen LogP contribution >= 0.6 is 11.3 Å². The average Bonchev–Trinajstić information content (AvgIpc) is 3.34. The third kappa shape index (κ3) is 3.50. The van der Waals surface area contributed by atoms with Gasteiger partial charge >= 0.3 is 5.97 Å². The fourth-order valence-electron chi connectivity index (χ4n) is 3.84. The van der Waals surface area contributed by atoms with E-state index in [1.54, 1.807) is 42.5 Å². The van der Waals surface area contributed by atoms with Gasteiger partial charge in [0.05, 0.1) is 15.8 Å². The molecule has 0 amide bonds. The number of hydrogen-bond donors (Lipinski definition) is 1. The topological polar surface area (TPSA) is 64.4 Å². The molecule has 0 saturated heterocycles. The molecule has 0 aliphatic rings. The Labute approximate surface area is 189 Å². The zero-order valence-electron chi connectivity index (χ0n) is 17.1. The zero-order valence-corrected chi connectivity index (χ0v) is 17.9. The quantitative estimate of drug-likeness (QED) is 0.298. The van der Waals surface area contributed by atoms with Crippen molar-refractivity contribution in [2.45, 2.75) is 13.5 Å². The molecule has 5 aromatic rings. The number of carboxylic acids is 1. The second kappa shape index (κ2) is 7.93. The number of halogens is 3. The van der Waals surface area contributed by atoms with Gasteiger partial charge in [0.15, 0.2) is 11.6 Å². The number of aliphatic carboxylic acids is 1. The number of ether oxygens (including phenoxy) is 1. The lowest BCUT2D eigenvalue weighted by Crippen LogP contribution is -2.09. The van der Waals surface area contributed by atoms with Crippen molar-refractivity contribution in [2.75, 3.05) is 0 Å². The van der Waals surface area contributed by atoms with Crippen molar-refractivity contribution in [1.82, 2.24) is 9.55 Å². The molecule has 33 heavy (non-hydrogen) atoms. The van der Waals surface area contributed by atoms with Gasteiger partial charge in [0, 0.05) is 11.5 Å². The van der Waals surface area contributed by atoms with Gasteiger partial charge in [-0.15, -0.1) is 11.3 Å². The third-order valence-electron chi connectivity index (χ3n) is 5.23. The Balaban J connectivity index is 1.87. The van der Waals surface area contributed by atoms with Crippen LogP contribution in [-0.4, -0.2) is 20.6 Å². The van der Waals surface area contributed by atoms with Gasteiger partial charge in [0.1, 0.15) is 28.6 Å². The van der Waals surface area contributed by atoms with E-state index in [2.05, 4.69) is 4.98 Å². The number of benzene rings is 3. The molecular weight excluding hydrogens is 453 g/mol. The van der Waals surface area contributed by atoms with Crippen molar-refractivity contribution in [3.63, 3.8) is 0 Å². The van der Waals surface area contributed by atoms with Crippen LogP contribution in [0.4, 0.5) is 13.2 Å². The number of thiazole rings is 1. The second-order valence-electron chi connectivity index (χ2n) is 7.40. The Kier molecular flexibility index (Phi) is 5.05. The number of aromatic nitrogens is 2. The van der Waals surface area contributed by atoms with E-state index in [0.29, 0.717) is 28.3 Å². The van der Waals surface area contributed by atoms with E-state index in [1.165, 1.54) is 4.57 Å². The summed E-state index contributed by atoms with van der Waals surface area (Å²) in [5, 5.41) is 10.4. The monoisotopic (exact) mass is 468 g/mol. The largest absolute Gasteiger partial charge is 0.480 e. The molecule has 0 spiro atoms. The number of nitrogens with zero attached hydrogens (tertiary/aromatic N) is 2. The molecule has 166 valence electrons. The highest BCUT2D eigenvalue weighted by Gasteiger charge is 2.27. The van der Waals surface area contributed by atoms with Gasteiger partial charge in [-0.3, -0.25) is 9.36 Å². The molecule has 2 aromatic heterocycles. The molecule has 0 saturated carbocycles. The summed E-state index contributed by atoms with van der Waals surface area (Å²) < 4.78 is 50.1. The fourth-order valence-corrected chi connectivity index (χ4v) is 4.85. The van der Waals surface area contributed by atoms with E-state index in [1.807, 2.05) is 13.0 Å². The predicted octanol–water partition coefficient (Wildman–Crippen LogP) is 6.52. The lowest BCUT2D eigenvalue weighted by molar-refractivity contribution is -0.137. The molecule has 5 rings (SSSR count). The molecule has 1 N–H and O–H groups in total. The summed E-state index contributed by atoms with van der Waals surface area (Å²) in [6.07, 6.45) is 0. The maximum atomic E-state index is 14.4. The third-order valence-corrected chi connectivity index (χ3v) is 6.31. The minimum atomic E-state index is -1.33. The maximum Gasteiger partial charge on any atom is 0.323 e. The Bertz CT molecular complexity index is 1540. The summed E-state index contributed by atoms with van der Waals surface area (Å²) in [6, 6.07) is 14.6. The highest BCUT2D eigenvalue weighted by molar-refractivity contribution is 7.21. The molecule has 3 aromatic carbocycles. The summed E-state index contributed by atoms with van der Waals surface area (Å²) in [4.78, 5) is 15.9. The van der Waals surface area contributed by atoms with Crippen LogP contribution in [0.5, 0.6) is 11.6 Å². The van der Waals surface area contributed by atoms with E-state index >= 15 is 0 Å². The molecule has 2 heterocycles. The first-order valence-corrected chi connectivity index (χ1v) is 10.7. The molecule has 0 radical (unpaired) electrons. The lowest BCUT2D eigenvalue weighted by Gasteiger charge is -2.11. The molecule has 9 heteroatoms. The van der Waals surface area contributed by atoms with Crippen molar-refractivity contribution < 1.29 is 27.8 Å². The molecule has 0 unspecified atom stereocenters. The van der Waals surface area contributed by atoms with Gasteiger partial charge in [-0.1, -0.05) is 30.3 Å². The normalized spacial score (nSPS) is 11.4. The number of carboxylic acid groups (broad SMARTS) is 1. The van der Waals surface area contributed by atoms with Crippen LogP contribution in [-0.2, 0) is 11.3 Å². The molecule has 0 fully saturated rings. The number of para-hydroxylation sites is 1. The Morgan fingerprint density at radius 1 is 1.09 bits per heavy atom. The van der Waals surface area contributed by atoms with Crippen LogP contribution in [0, 0.1) is 24.4 Å². The average molecular weight is 468 g/mol. The summed E-state index contributed by atoms with van der Waals surface area (Å²) >= 11 is 0.847. The molecule has 0 aliphatic carbocycles. The van der Waals surface area contributed by atoms with Crippen molar-refractivity contribution in [1.29, 1.82) is 0 Å². The Morgan fingerprint density at radius 2 is 1.85 bits per heavy atom. The van der Waals surface area contributed by atoms with Gasteiger partial charge < -0.3 is 9.84 Å². The van der Waals surface area contributed by atoms with E-state index in [9.17, 15) is 23.1 Å². The van der Waals surface area contributed by atoms with Crippen LogP contribution in [0.1, 0.15) is 5.56 Å². The van der Waals surface area contributed by atoms with Crippen molar-refractivity contribution in [3.05, 3.63) is 77.6 Å². The van der Waals surface area contributed by atoms with Crippen LogP contribution in [0.15, 0.2) is 54.6 Å². The van der Waals surface area contributed by atoms with Gasteiger partial charge in [0.2, 0.25) is 5.88 Å². The number of hydrogen-bond acceptors (Lipinski definition) is 4. The Morgan fingerprint density at radius 3 is 2.58 bits per heavy atom. The van der Waals surface area contributed by atoms with E-state index in [4.69, 9.17) is 4.74 Å². The zero-order chi connectivity index (χ0) is 23.3. The summed E-state index contributed by atoms with van der Waals surface area (Å²) in [7, 11) is 0. The molecular formula is C24H15F3N2O3S. The van der Waals surface area contributed by atoms with E-state index in [-0.39, 0.29) is 15.6 Å². The highest BCUT2D eigenvalue weighted by atomic mass is 32.1. The number of aryl methyl sites for hydroxylation is 1. The number of carbonyl (C=O) groups is 1. The first-order chi connectivity index (χ1) is 15.8. The molecule has 0 bridgehead atoms. The fraction of sp³-hybridized carbons (Fsp3) is 0.0833. The van der Waals surface area contributed by atoms with Gasteiger partial charge in [-0.2, -0.15) is 0 Å². The van der Waals surface area contributed by atoms with Gasteiger partial charge in [-0.25, -0.2) is 18.2 Å². The van der Waals surface area contributed by atoms with Crippen LogP contribution in [0.2, 0.25) is 0 Å². The maximum absolute atomic E-state index is 14.4. The van der Waals surface area contributed by atoms with Crippen LogP contribution in [0.3, 0.4) is 0 Å². The Hall–Kier alpha value is -3.85. The first kappa shape index (κ1) is 21.0. The molecule has 0 aliphatic heterocycles. The second-order valence-corrected chi connectivity index (χ2v) is 8.39. The number of fused-ring (bicyclic) bond motifs is 2. The molecule has 0 atom stereocenters. The summed E-state index contributed by atoms with van der Waals surface area (Å²) in [5.74, 6) is -4.00. The molecule has 5 nitrogen and oxygen atoms in total. The van der Waals surface area contributed by atoms with Crippen LogP contribution < -0.4 is 4.74 Å². The first-order valence-electron chi connectivity index (χ1n) is 9.86. The standard InChI is InChI=1S/C24H15F3N2O3S/c1-12-6-5-9-16-18(12)19(23-28-21-20(27)14(25)10-15(26)22(21)33-23)24(29(16)11-17(30)31)32-13-7-3-2-4-8-13/h2-10H,11H2,1H3,(H,30,31). The van der Waals surface area contributed by atoms with E-state index < -0.39 is 35.5 Å². The van der Waals surface area contributed by atoms with Crippen molar-refractivity contribution >= 4 is 38.4 Å². The van der Waals surface area contributed by atoms with Crippen molar-refractivity contribution in [2.24, 2.45) is 0 Å². The van der Waals surface area contributed by atoms with E-state index in [0.717, 1.165) is 16.9 Å². The minimum Gasteiger partial charge on any atom is -0.480 e. The highest BCUT2D eigenvalue weighted by Crippen LogP contribution is 2.46. The summed E-state index contributed by atoms with van der Waals surface area (Å²) in [6.45, 7) is 1.42. The van der Waals surface area contributed by atoms with Gasteiger partial charge in [0.25, 0.3) is 0 Å². The minimum absolute atomic E-state index is 0.137. The van der Waals surface area contributed by atoms with Crippen molar-refractivity contribution in [3.8, 4) is 22.2 Å².